The highest BCUT2D eigenvalue weighted by Crippen LogP contribution is 2.39. The quantitative estimate of drug-likeness (QED) is 0.558. The molecule has 0 aromatic heterocycles. The van der Waals surface area contributed by atoms with Crippen molar-refractivity contribution in [3.63, 3.8) is 0 Å². The molecule has 2 aromatic rings. The van der Waals surface area contributed by atoms with Gasteiger partial charge in [0.25, 0.3) is 5.91 Å². The van der Waals surface area contributed by atoms with Gasteiger partial charge in [-0.05, 0) is 43.2 Å². The summed E-state index contributed by atoms with van der Waals surface area (Å²) in [6, 6.07) is 16.8. The Hall–Kier alpha value is -2.78. The van der Waals surface area contributed by atoms with Crippen LogP contribution < -0.4 is 10.2 Å². The third-order valence-electron chi connectivity index (χ3n) is 5.64. The predicted molar refractivity (Wildman–Crippen MR) is 139 cm³/mol. The normalized spacial score (nSPS) is 19.8. The van der Waals surface area contributed by atoms with Gasteiger partial charge in [0.05, 0.1) is 5.69 Å². The van der Waals surface area contributed by atoms with E-state index in [9.17, 15) is 14.4 Å². The van der Waals surface area contributed by atoms with Crippen molar-refractivity contribution in [3.05, 3.63) is 65.7 Å². The summed E-state index contributed by atoms with van der Waals surface area (Å²) in [5, 5.41) is 2.36. The maximum Gasteiger partial charge on any atom is 0.333 e. The number of fused-ring (bicyclic) bond motifs is 1. The van der Waals surface area contributed by atoms with E-state index < -0.39 is 17.4 Å². The average Bonchev–Trinajstić information content (AvgIpc) is 3.26. The number of imide groups is 1. The van der Waals surface area contributed by atoms with Crippen molar-refractivity contribution in [1.82, 2.24) is 10.2 Å². The fraction of sp³-hybridized carbons (Fsp3) is 0.360. The van der Waals surface area contributed by atoms with Crippen molar-refractivity contribution < 1.29 is 14.4 Å². The number of hydrogen-bond acceptors (Lipinski definition) is 6. The molecule has 2 unspecified atom stereocenters. The molecular weight excluding hydrogens is 468 g/mol. The topological polar surface area (TPSA) is 82.1 Å². The molecule has 1 fully saturated rings. The lowest BCUT2D eigenvalue weighted by Gasteiger charge is -2.39. The van der Waals surface area contributed by atoms with E-state index in [1.165, 1.54) is 27.1 Å². The number of aryl methyl sites for hydroxylation is 2. The summed E-state index contributed by atoms with van der Waals surface area (Å²) >= 11 is 2.92. The Morgan fingerprint density at radius 2 is 1.85 bits per heavy atom. The highest BCUT2D eigenvalue weighted by atomic mass is 32.2. The summed E-state index contributed by atoms with van der Waals surface area (Å²) in [6.45, 7) is 4.33. The van der Waals surface area contributed by atoms with Crippen molar-refractivity contribution in [2.24, 2.45) is 4.99 Å². The van der Waals surface area contributed by atoms with Crippen LogP contribution in [0.1, 0.15) is 24.5 Å². The minimum absolute atomic E-state index is 0.144. The Morgan fingerprint density at radius 1 is 1.12 bits per heavy atom. The molecule has 2 atom stereocenters. The van der Waals surface area contributed by atoms with E-state index in [1.807, 2.05) is 44.2 Å². The van der Waals surface area contributed by atoms with Crippen LogP contribution in [-0.2, 0) is 16.0 Å². The molecule has 34 heavy (non-hydrogen) atoms. The molecular formula is C25H28N4O3S2. The summed E-state index contributed by atoms with van der Waals surface area (Å²) in [5.74, 6) is 0.269. The Labute approximate surface area is 208 Å². The fourth-order valence-corrected chi connectivity index (χ4v) is 6.20. The Bertz CT molecular complexity index is 1080. The number of carbonyl (C=O) groups is 3. The maximum atomic E-state index is 13.4. The van der Waals surface area contributed by atoms with Crippen molar-refractivity contribution in [1.29, 1.82) is 0 Å². The van der Waals surface area contributed by atoms with Crippen LogP contribution in [0.5, 0.6) is 0 Å². The number of nitrogens with zero attached hydrogens (tertiary/aromatic N) is 3. The zero-order chi connectivity index (χ0) is 24.1. The molecule has 0 aliphatic carbocycles. The Morgan fingerprint density at radius 3 is 2.56 bits per heavy atom. The molecule has 4 amide bonds. The molecule has 4 rings (SSSR count). The molecule has 2 heterocycles. The van der Waals surface area contributed by atoms with E-state index in [0.717, 1.165) is 28.5 Å². The fourth-order valence-electron chi connectivity index (χ4n) is 3.91. The van der Waals surface area contributed by atoms with Gasteiger partial charge >= 0.3 is 6.03 Å². The Kier molecular flexibility index (Phi) is 7.95. The van der Waals surface area contributed by atoms with Crippen LogP contribution in [-0.4, -0.2) is 57.4 Å². The van der Waals surface area contributed by atoms with E-state index >= 15 is 0 Å². The molecule has 0 radical (unpaired) electrons. The number of hydrogen-bond donors (Lipinski definition) is 1. The number of anilines is 1. The number of benzene rings is 2. The summed E-state index contributed by atoms with van der Waals surface area (Å²) < 4.78 is 0.776. The monoisotopic (exact) mass is 496 g/mol. The molecule has 2 aliphatic heterocycles. The molecule has 7 nitrogen and oxygen atoms in total. The van der Waals surface area contributed by atoms with Gasteiger partial charge in [-0.15, -0.1) is 11.8 Å². The third-order valence-corrected chi connectivity index (χ3v) is 7.93. The van der Waals surface area contributed by atoms with Gasteiger partial charge in [0, 0.05) is 6.54 Å². The molecule has 0 bridgehead atoms. The first kappa shape index (κ1) is 24.3. The van der Waals surface area contributed by atoms with E-state index in [0.29, 0.717) is 12.2 Å². The van der Waals surface area contributed by atoms with Gasteiger partial charge in [0.2, 0.25) is 5.91 Å². The smallest absolute Gasteiger partial charge is 0.333 e. The average molecular weight is 497 g/mol. The van der Waals surface area contributed by atoms with Crippen molar-refractivity contribution >= 4 is 51.4 Å². The summed E-state index contributed by atoms with van der Waals surface area (Å²) in [6.07, 6.45) is 0.994. The molecule has 1 N–H and O–H groups in total. The van der Waals surface area contributed by atoms with Crippen molar-refractivity contribution in [3.8, 4) is 0 Å². The van der Waals surface area contributed by atoms with E-state index in [-0.39, 0.29) is 18.4 Å². The first-order chi connectivity index (χ1) is 16.5. The molecule has 178 valence electrons. The van der Waals surface area contributed by atoms with Gasteiger partial charge in [0.15, 0.2) is 0 Å². The zero-order valence-corrected chi connectivity index (χ0v) is 20.9. The van der Waals surface area contributed by atoms with Gasteiger partial charge in [-0.1, -0.05) is 66.7 Å². The number of thioether (sulfide) groups is 2. The third kappa shape index (κ3) is 5.47. The van der Waals surface area contributed by atoms with Crippen LogP contribution in [0.2, 0.25) is 0 Å². The molecule has 2 aromatic carbocycles. The van der Waals surface area contributed by atoms with E-state index in [1.54, 1.807) is 23.9 Å². The second-order valence-corrected chi connectivity index (χ2v) is 10.8. The van der Waals surface area contributed by atoms with Crippen LogP contribution in [0.4, 0.5) is 10.5 Å². The van der Waals surface area contributed by atoms with Crippen LogP contribution in [0.25, 0.3) is 0 Å². The Balaban J connectivity index is 1.46. The second kappa shape index (κ2) is 11.1. The lowest BCUT2D eigenvalue weighted by Crippen LogP contribution is -2.63. The van der Waals surface area contributed by atoms with E-state index in [4.69, 9.17) is 0 Å². The summed E-state index contributed by atoms with van der Waals surface area (Å²) in [4.78, 5) is 46.8. The largest absolute Gasteiger partial charge is 0.355 e. The van der Waals surface area contributed by atoms with Gasteiger partial charge < -0.3 is 5.32 Å². The molecule has 0 saturated carbocycles. The van der Waals surface area contributed by atoms with Crippen LogP contribution in [0.15, 0.2) is 59.6 Å². The van der Waals surface area contributed by atoms with Crippen LogP contribution in [0, 0.1) is 6.92 Å². The molecule has 0 spiro atoms. The summed E-state index contributed by atoms with van der Waals surface area (Å²) in [7, 11) is 0. The van der Waals surface area contributed by atoms with Crippen molar-refractivity contribution in [2.45, 2.75) is 38.1 Å². The lowest BCUT2D eigenvalue weighted by atomic mass is 10.1. The number of urea groups is 1. The number of aliphatic imine (C=N–C) groups is 1. The first-order valence-corrected chi connectivity index (χ1v) is 13.2. The van der Waals surface area contributed by atoms with Gasteiger partial charge in [-0.2, -0.15) is 0 Å². The zero-order valence-electron chi connectivity index (χ0n) is 19.3. The maximum absolute atomic E-state index is 13.4. The molecule has 9 heteroatoms. The number of nitrogens with one attached hydrogen (secondary N) is 1. The number of carbonyl (C=O) groups excluding carboxylic acids is 3. The number of amides is 4. The highest BCUT2D eigenvalue weighted by Gasteiger charge is 2.51. The molecule has 2 aliphatic rings. The standard InChI is InChI=1S/C25H28N4O3S2/c1-3-33-24-27-22-21(34-24)23(31)29(19-13-11-17(2)12-14-19)25(32)28(22)16-20(30)26-15-7-10-18-8-5-4-6-9-18/h4-6,8-9,11-14,21-22H,3,7,10,15-16H2,1-2H3,(H,26,30). The van der Waals surface area contributed by atoms with Gasteiger partial charge in [-0.25, -0.2) is 14.7 Å². The van der Waals surface area contributed by atoms with Gasteiger partial charge in [0.1, 0.15) is 22.3 Å². The second-order valence-electron chi connectivity index (χ2n) is 8.14. The van der Waals surface area contributed by atoms with E-state index in [2.05, 4.69) is 22.4 Å². The predicted octanol–water partition coefficient (Wildman–Crippen LogP) is 4.06. The first-order valence-electron chi connectivity index (χ1n) is 11.4. The lowest BCUT2D eigenvalue weighted by molar-refractivity contribution is -0.124. The number of rotatable bonds is 8. The molecule has 1 saturated heterocycles. The summed E-state index contributed by atoms with van der Waals surface area (Å²) in [5.41, 5.74) is 2.76. The van der Waals surface area contributed by atoms with Crippen LogP contribution in [0.3, 0.4) is 0 Å². The minimum Gasteiger partial charge on any atom is -0.355 e. The van der Waals surface area contributed by atoms with Gasteiger partial charge in [-0.3, -0.25) is 14.5 Å². The van der Waals surface area contributed by atoms with Crippen LogP contribution >= 0.6 is 23.5 Å². The SMILES string of the molecule is CCSC1=NC2C(S1)C(=O)N(c1ccc(C)cc1)C(=O)N2CC(=O)NCCCc1ccccc1. The van der Waals surface area contributed by atoms with Crippen molar-refractivity contribution in [2.75, 3.05) is 23.7 Å². The highest BCUT2D eigenvalue weighted by molar-refractivity contribution is 8.39. The minimum atomic E-state index is -0.671.